The molecule has 6 N–H and O–H groups in total. The molecule has 0 aromatic rings. The summed E-state index contributed by atoms with van der Waals surface area (Å²) in [6.07, 6.45) is 1.90. The number of carbonyl (C=O) groups is 8. The van der Waals surface area contributed by atoms with Crippen LogP contribution in [-0.2, 0) is 33.6 Å². The molecule has 0 radical (unpaired) electrons. The first-order chi connectivity index (χ1) is 19.2. The molecule has 0 saturated carbocycles. The summed E-state index contributed by atoms with van der Waals surface area (Å²) >= 11 is 0. The third-order valence-corrected chi connectivity index (χ3v) is 6.20. The number of hydrogen-bond acceptors (Lipinski definition) is 8. The molecule has 1 aliphatic heterocycles. The van der Waals surface area contributed by atoms with Crippen LogP contribution < -0.4 is 21.7 Å². The Bertz CT molecular complexity index is 1030. The largest absolute Gasteiger partial charge is 0.481 e. The maximum absolute atomic E-state index is 13.2. The number of carboxylic acids is 1. The van der Waals surface area contributed by atoms with Gasteiger partial charge in [0.2, 0.25) is 11.8 Å². The van der Waals surface area contributed by atoms with Crippen LogP contribution >= 0.6 is 0 Å². The van der Waals surface area contributed by atoms with Gasteiger partial charge in [0.05, 0.1) is 18.5 Å². The third-order valence-electron chi connectivity index (χ3n) is 6.20. The van der Waals surface area contributed by atoms with E-state index in [1.54, 1.807) is 13.8 Å². The standard InChI is InChI=1S/C26H39N5O9/c1-16(2)24(30-20(34)8-4-3-5-12-31-21(35)9-10-22(31)36)19(33)13-17(7-6-11-28-26(27)40)25(39)29-18(15-32)14-23(37)38/h9-10,15-18,24H,3-8,11-14H2,1-2H3,(H,29,39)(H,30,34)(H,37,38)(H3,27,28,40)/t17-,18-,24+/m1/s1/i15D. The maximum Gasteiger partial charge on any atom is 0.312 e. The quantitative estimate of drug-likeness (QED) is 0.0746. The third kappa shape index (κ3) is 12.6. The Labute approximate surface area is 233 Å². The molecule has 0 spiro atoms. The zero-order valence-electron chi connectivity index (χ0n) is 23.8. The van der Waals surface area contributed by atoms with Crippen molar-refractivity contribution in [3.05, 3.63) is 12.2 Å². The van der Waals surface area contributed by atoms with Gasteiger partial charge in [0.15, 0.2) is 5.78 Å². The van der Waals surface area contributed by atoms with Gasteiger partial charge in [-0.05, 0) is 31.6 Å². The van der Waals surface area contributed by atoms with E-state index in [2.05, 4.69) is 16.0 Å². The van der Waals surface area contributed by atoms with Gasteiger partial charge in [-0.25, -0.2) is 4.79 Å². The highest BCUT2D eigenvalue weighted by molar-refractivity contribution is 6.12. The van der Waals surface area contributed by atoms with E-state index in [1.807, 2.05) is 0 Å². The number of carbonyl (C=O) groups excluding carboxylic acids is 7. The predicted octanol–water partition coefficient (Wildman–Crippen LogP) is -0.205. The number of nitrogens with zero attached hydrogens (tertiary/aromatic N) is 1. The number of unbranched alkanes of at least 4 members (excludes halogenated alkanes) is 2. The van der Waals surface area contributed by atoms with Gasteiger partial charge in [-0.2, -0.15) is 0 Å². The average molecular weight is 567 g/mol. The highest BCUT2D eigenvalue weighted by Crippen LogP contribution is 2.17. The lowest BCUT2D eigenvalue weighted by atomic mass is 9.89. The lowest BCUT2D eigenvalue weighted by molar-refractivity contribution is -0.139. The van der Waals surface area contributed by atoms with Crippen LogP contribution in [0, 0.1) is 11.8 Å². The summed E-state index contributed by atoms with van der Waals surface area (Å²) in [5.74, 6) is -5.15. The van der Waals surface area contributed by atoms with Gasteiger partial charge in [-0.1, -0.05) is 20.3 Å². The predicted molar refractivity (Wildman–Crippen MR) is 141 cm³/mol. The highest BCUT2D eigenvalue weighted by atomic mass is 16.4. The van der Waals surface area contributed by atoms with Gasteiger partial charge < -0.3 is 31.6 Å². The maximum atomic E-state index is 13.2. The van der Waals surface area contributed by atoms with Crippen LogP contribution in [-0.4, -0.2) is 82.9 Å². The van der Waals surface area contributed by atoms with Crippen LogP contribution in [0.5, 0.6) is 0 Å². The summed E-state index contributed by atoms with van der Waals surface area (Å²) in [7, 11) is 0. The molecule has 0 bridgehead atoms. The van der Waals surface area contributed by atoms with Crippen LogP contribution in [0.2, 0.25) is 0 Å². The van der Waals surface area contributed by atoms with Gasteiger partial charge in [0.25, 0.3) is 11.8 Å². The number of aldehydes is 1. The second kappa shape index (κ2) is 17.5. The smallest absolute Gasteiger partial charge is 0.312 e. The molecule has 0 saturated heterocycles. The van der Waals surface area contributed by atoms with E-state index in [0.717, 1.165) is 4.90 Å². The molecular weight excluding hydrogens is 526 g/mol. The number of imide groups is 1. The summed E-state index contributed by atoms with van der Waals surface area (Å²) in [4.78, 5) is 96.4. The first-order valence-electron chi connectivity index (χ1n) is 13.6. The van der Waals surface area contributed by atoms with Crippen molar-refractivity contribution in [3.63, 3.8) is 0 Å². The number of nitrogens with two attached hydrogens (primary N) is 1. The van der Waals surface area contributed by atoms with Gasteiger partial charge in [-0.15, -0.1) is 0 Å². The Hall–Kier alpha value is -4.10. The van der Waals surface area contributed by atoms with Crippen molar-refractivity contribution >= 4 is 47.7 Å². The SMILES string of the molecule is [2H]C(=O)[C@@H](CC(=O)O)NC(=O)[C@H](CCCNC(N)=O)CC(=O)[C@@H](NC(=O)CCCCCN1C(=O)C=CC1=O)C(C)C. The van der Waals surface area contributed by atoms with Crippen molar-refractivity contribution in [1.29, 1.82) is 0 Å². The van der Waals surface area contributed by atoms with Gasteiger partial charge in [0.1, 0.15) is 7.63 Å². The van der Waals surface area contributed by atoms with Gasteiger partial charge in [-0.3, -0.25) is 33.7 Å². The van der Waals surface area contributed by atoms with Crippen molar-refractivity contribution < 1.29 is 44.8 Å². The Morgan fingerprint density at radius 2 is 1.68 bits per heavy atom. The van der Waals surface area contributed by atoms with Crippen molar-refractivity contribution in [2.45, 2.75) is 77.3 Å². The second-order valence-electron chi connectivity index (χ2n) is 9.84. The molecule has 1 aliphatic rings. The zero-order valence-corrected chi connectivity index (χ0v) is 22.8. The zero-order chi connectivity index (χ0) is 31.1. The summed E-state index contributed by atoms with van der Waals surface area (Å²) in [6, 6.07) is -3.30. The average Bonchev–Trinajstić information content (AvgIpc) is 3.19. The Kier molecular flexibility index (Phi) is 14.0. The molecule has 222 valence electrons. The first-order valence-corrected chi connectivity index (χ1v) is 13.1. The van der Waals surface area contributed by atoms with E-state index >= 15 is 0 Å². The minimum absolute atomic E-state index is 0.0696. The van der Waals surface area contributed by atoms with E-state index in [1.165, 1.54) is 12.2 Å². The fourth-order valence-corrected chi connectivity index (χ4v) is 4.09. The molecule has 14 nitrogen and oxygen atoms in total. The molecular formula is C26H39N5O9. The molecule has 14 heteroatoms. The number of carboxylic acid groups (broad SMARTS) is 1. The number of ketones is 1. The lowest BCUT2D eigenvalue weighted by Gasteiger charge is -2.24. The van der Waals surface area contributed by atoms with Crippen LogP contribution in [0.1, 0.15) is 66.6 Å². The lowest BCUT2D eigenvalue weighted by Crippen LogP contribution is -2.47. The Balaban J connectivity index is 2.74. The molecule has 40 heavy (non-hydrogen) atoms. The second-order valence-corrected chi connectivity index (χ2v) is 9.84. The van der Waals surface area contributed by atoms with E-state index in [-0.39, 0.29) is 62.4 Å². The Morgan fingerprint density at radius 1 is 1.02 bits per heavy atom. The summed E-state index contributed by atoms with van der Waals surface area (Å²) in [6.45, 7) is 3.78. The van der Waals surface area contributed by atoms with Crippen LogP contribution in [0.4, 0.5) is 4.79 Å². The molecule has 1 rings (SSSR count). The first kappa shape index (κ1) is 32.1. The van der Waals surface area contributed by atoms with E-state index in [4.69, 9.17) is 12.2 Å². The number of primary amides is 1. The number of rotatable bonds is 20. The van der Waals surface area contributed by atoms with Crippen molar-refractivity contribution in [3.8, 4) is 0 Å². The minimum atomic E-state index is -1.60. The minimum Gasteiger partial charge on any atom is -0.481 e. The van der Waals surface area contributed by atoms with E-state index in [0.29, 0.717) is 19.3 Å². The fourth-order valence-electron chi connectivity index (χ4n) is 4.09. The van der Waals surface area contributed by atoms with Crippen LogP contribution in [0.15, 0.2) is 12.2 Å². The summed E-state index contributed by atoms with van der Waals surface area (Å²) in [5.41, 5.74) is 5.04. The molecule has 0 aromatic heterocycles. The summed E-state index contributed by atoms with van der Waals surface area (Å²) in [5, 5.41) is 16.2. The topological polar surface area (TPSA) is 222 Å². The van der Waals surface area contributed by atoms with Crippen LogP contribution in [0.3, 0.4) is 0 Å². The molecule has 1 heterocycles. The number of urea groups is 1. The number of nitrogens with one attached hydrogen (secondary N) is 3. The number of Topliss-reactive ketones (excluding diaryl/α,β-unsaturated/α-hetero) is 1. The van der Waals surface area contributed by atoms with E-state index in [9.17, 15) is 38.4 Å². The number of amides is 6. The van der Waals surface area contributed by atoms with Gasteiger partial charge >= 0.3 is 12.0 Å². The number of hydrogen-bond donors (Lipinski definition) is 5. The molecule has 6 amide bonds. The van der Waals surface area contributed by atoms with Gasteiger partial charge in [0, 0.05) is 44.0 Å². The highest BCUT2D eigenvalue weighted by Gasteiger charge is 2.30. The molecule has 0 fully saturated rings. The summed E-state index contributed by atoms with van der Waals surface area (Å²) < 4.78 is 7.24. The Morgan fingerprint density at radius 3 is 2.23 bits per heavy atom. The molecule has 3 atom stereocenters. The fraction of sp³-hybridized carbons (Fsp3) is 0.615. The normalized spacial score (nSPS) is 15.3. The monoisotopic (exact) mass is 566 g/mol. The molecule has 0 aliphatic carbocycles. The van der Waals surface area contributed by atoms with Crippen molar-refractivity contribution in [2.24, 2.45) is 17.6 Å². The van der Waals surface area contributed by atoms with E-state index < -0.39 is 54.4 Å². The number of aliphatic carboxylic acids is 1. The molecule has 0 unspecified atom stereocenters. The van der Waals surface area contributed by atoms with Crippen molar-refractivity contribution in [2.75, 3.05) is 13.1 Å². The van der Waals surface area contributed by atoms with Crippen LogP contribution in [0.25, 0.3) is 0 Å². The van der Waals surface area contributed by atoms with Crippen molar-refractivity contribution in [1.82, 2.24) is 20.9 Å². The molecule has 0 aromatic carbocycles.